The summed E-state index contributed by atoms with van der Waals surface area (Å²) in [5.41, 5.74) is 0.651. The van der Waals surface area contributed by atoms with Crippen molar-refractivity contribution in [1.82, 2.24) is 10.2 Å². The average Bonchev–Trinajstić information content (AvgIpc) is 2.46. The number of rotatable bonds is 2. The van der Waals surface area contributed by atoms with E-state index in [-0.39, 0.29) is 5.82 Å². The van der Waals surface area contributed by atoms with Crippen LogP contribution in [-0.2, 0) is 6.54 Å². The maximum Gasteiger partial charge on any atom is 0.178 e. The van der Waals surface area contributed by atoms with Crippen LogP contribution in [0.3, 0.4) is 0 Å². The van der Waals surface area contributed by atoms with Crippen molar-refractivity contribution in [2.24, 2.45) is 0 Å². The predicted molar refractivity (Wildman–Crippen MR) is 73.2 cm³/mol. The summed E-state index contributed by atoms with van der Waals surface area (Å²) in [5, 5.41) is 3.29. The Bertz CT molecular complexity index is 478. The van der Waals surface area contributed by atoms with Crippen LogP contribution in [0.25, 0.3) is 0 Å². The number of nitrogens with zero attached hydrogens (tertiary/aromatic N) is 1. The summed E-state index contributed by atoms with van der Waals surface area (Å²) in [6.45, 7) is 5.35. The van der Waals surface area contributed by atoms with Gasteiger partial charge in [0, 0.05) is 38.3 Å². The molecule has 1 aromatic carbocycles. The third kappa shape index (κ3) is 2.70. The highest BCUT2D eigenvalue weighted by molar-refractivity contribution is 9.10. The van der Waals surface area contributed by atoms with Crippen LogP contribution in [0.5, 0.6) is 11.5 Å². The maximum atomic E-state index is 14.3. The van der Waals surface area contributed by atoms with E-state index in [2.05, 4.69) is 26.1 Å². The average molecular weight is 331 g/mol. The number of fused-ring (bicyclic) bond motifs is 1. The van der Waals surface area contributed by atoms with Gasteiger partial charge in [0.15, 0.2) is 11.5 Å². The minimum Gasteiger partial charge on any atom is -0.486 e. The van der Waals surface area contributed by atoms with Crippen molar-refractivity contribution in [1.29, 1.82) is 0 Å². The third-order valence-electron chi connectivity index (χ3n) is 3.39. The van der Waals surface area contributed by atoms with E-state index in [0.717, 1.165) is 26.2 Å². The van der Waals surface area contributed by atoms with Gasteiger partial charge in [-0.3, -0.25) is 4.90 Å². The van der Waals surface area contributed by atoms with E-state index >= 15 is 0 Å². The van der Waals surface area contributed by atoms with Crippen molar-refractivity contribution in [2.75, 3.05) is 39.4 Å². The molecule has 0 unspecified atom stereocenters. The topological polar surface area (TPSA) is 33.7 Å². The lowest BCUT2D eigenvalue weighted by Gasteiger charge is -2.28. The molecule has 0 amide bonds. The van der Waals surface area contributed by atoms with Crippen LogP contribution in [0, 0.1) is 5.82 Å². The molecule has 2 heterocycles. The zero-order valence-electron chi connectivity index (χ0n) is 10.5. The van der Waals surface area contributed by atoms with Gasteiger partial charge in [0.05, 0.1) is 4.47 Å². The number of ether oxygens (including phenoxy) is 2. The normalized spacial score (nSPS) is 19.5. The first-order valence-corrected chi connectivity index (χ1v) is 7.24. The van der Waals surface area contributed by atoms with E-state index < -0.39 is 0 Å². The van der Waals surface area contributed by atoms with Crippen LogP contribution in [0.1, 0.15) is 5.56 Å². The van der Waals surface area contributed by atoms with E-state index in [4.69, 9.17) is 9.47 Å². The third-order valence-corrected chi connectivity index (χ3v) is 4.10. The van der Waals surface area contributed by atoms with Crippen molar-refractivity contribution in [3.8, 4) is 11.5 Å². The SMILES string of the molecule is Fc1c(CN2CCNCC2)cc2c(c1Br)OCCO2. The summed E-state index contributed by atoms with van der Waals surface area (Å²) >= 11 is 3.27. The first kappa shape index (κ1) is 13.1. The van der Waals surface area contributed by atoms with Gasteiger partial charge in [-0.05, 0) is 22.0 Å². The number of piperazine rings is 1. The van der Waals surface area contributed by atoms with Gasteiger partial charge >= 0.3 is 0 Å². The molecule has 0 spiro atoms. The molecule has 19 heavy (non-hydrogen) atoms. The highest BCUT2D eigenvalue weighted by Gasteiger charge is 2.23. The molecule has 0 aromatic heterocycles. The van der Waals surface area contributed by atoms with Crippen LogP contribution < -0.4 is 14.8 Å². The monoisotopic (exact) mass is 330 g/mol. The summed E-state index contributed by atoms with van der Waals surface area (Å²) in [6, 6.07) is 1.76. The minimum absolute atomic E-state index is 0.247. The highest BCUT2D eigenvalue weighted by Crippen LogP contribution is 2.41. The van der Waals surface area contributed by atoms with Gasteiger partial charge < -0.3 is 14.8 Å². The number of nitrogens with one attached hydrogen (secondary N) is 1. The van der Waals surface area contributed by atoms with E-state index in [1.807, 2.05) is 0 Å². The molecule has 2 aliphatic heterocycles. The van der Waals surface area contributed by atoms with Gasteiger partial charge in [0.25, 0.3) is 0 Å². The number of halogens is 2. The lowest BCUT2D eigenvalue weighted by Crippen LogP contribution is -2.43. The number of hydrogen-bond acceptors (Lipinski definition) is 4. The first-order chi connectivity index (χ1) is 9.25. The highest BCUT2D eigenvalue weighted by atomic mass is 79.9. The summed E-state index contributed by atoms with van der Waals surface area (Å²) in [7, 11) is 0. The molecule has 1 saturated heterocycles. The smallest absolute Gasteiger partial charge is 0.178 e. The molecule has 0 saturated carbocycles. The van der Waals surface area contributed by atoms with Gasteiger partial charge in [-0.1, -0.05) is 0 Å². The summed E-state index contributed by atoms with van der Waals surface area (Å²) in [6.07, 6.45) is 0. The Morgan fingerprint density at radius 2 is 2.00 bits per heavy atom. The Kier molecular flexibility index (Phi) is 3.91. The second-order valence-electron chi connectivity index (χ2n) is 4.71. The Morgan fingerprint density at radius 1 is 1.26 bits per heavy atom. The van der Waals surface area contributed by atoms with E-state index in [1.54, 1.807) is 6.07 Å². The number of hydrogen-bond donors (Lipinski definition) is 1. The molecule has 0 aliphatic carbocycles. The fourth-order valence-corrected chi connectivity index (χ4v) is 2.96. The van der Waals surface area contributed by atoms with Gasteiger partial charge in [0.1, 0.15) is 19.0 Å². The molecular formula is C13H16BrFN2O2. The van der Waals surface area contributed by atoms with Crippen LogP contribution in [0.15, 0.2) is 10.5 Å². The Morgan fingerprint density at radius 3 is 2.79 bits per heavy atom. The second-order valence-corrected chi connectivity index (χ2v) is 5.51. The molecule has 1 fully saturated rings. The van der Waals surface area contributed by atoms with Crippen LogP contribution in [0.2, 0.25) is 0 Å². The number of benzene rings is 1. The molecule has 4 nitrogen and oxygen atoms in total. The second kappa shape index (κ2) is 5.64. The molecular weight excluding hydrogens is 315 g/mol. The van der Waals surface area contributed by atoms with Crippen LogP contribution in [-0.4, -0.2) is 44.3 Å². The minimum atomic E-state index is -0.247. The molecule has 1 aromatic rings. The zero-order chi connectivity index (χ0) is 13.2. The van der Waals surface area contributed by atoms with E-state index in [9.17, 15) is 4.39 Å². The first-order valence-electron chi connectivity index (χ1n) is 6.45. The van der Waals surface area contributed by atoms with E-state index in [1.165, 1.54) is 0 Å². The van der Waals surface area contributed by atoms with Gasteiger partial charge in [0.2, 0.25) is 0 Å². The van der Waals surface area contributed by atoms with Crippen molar-refractivity contribution < 1.29 is 13.9 Å². The Labute approximate surface area is 120 Å². The lowest BCUT2D eigenvalue weighted by atomic mass is 10.1. The van der Waals surface area contributed by atoms with E-state index in [0.29, 0.717) is 41.3 Å². The summed E-state index contributed by atoms with van der Waals surface area (Å²) in [5.74, 6) is 0.861. The zero-order valence-corrected chi connectivity index (χ0v) is 12.1. The molecule has 0 atom stereocenters. The Balaban J connectivity index is 1.86. The molecule has 3 rings (SSSR count). The summed E-state index contributed by atoms with van der Waals surface area (Å²) in [4.78, 5) is 2.23. The largest absolute Gasteiger partial charge is 0.486 e. The molecule has 2 aliphatic rings. The van der Waals surface area contributed by atoms with Gasteiger partial charge in [-0.2, -0.15) is 0 Å². The van der Waals surface area contributed by atoms with Crippen molar-refractivity contribution in [3.05, 3.63) is 21.9 Å². The summed E-state index contributed by atoms with van der Waals surface area (Å²) < 4.78 is 25.7. The standard InChI is InChI=1S/C13H16BrFN2O2/c14-11-12(15)9(8-17-3-1-16-2-4-17)7-10-13(11)19-6-5-18-10/h7,16H,1-6,8H2. The molecule has 0 bridgehead atoms. The van der Waals surface area contributed by atoms with Crippen molar-refractivity contribution >= 4 is 15.9 Å². The molecule has 6 heteroatoms. The van der Waals surface area contributed by atoms with Crippen LogP contribution >= 0.6 is 15.9 Å². The maximum absolute atomic E-state index is 14.3. The van der Waals surface area contributed by atoms with Gasteiger partial charge in [-0.25, -0.2) is 4.39 Å². The molecule has 0 radical (unpaired) electrons. The van der Waals surface area contributed by atoms with Crippen LogP contribution in [0.4, 0.5) is 4.39 Å². The Hall–Kier alpha value is -0.850. The fraction of sp³-hybridized carbons (Fsp3) is 0.538. The fourth-order valence-electron chi connectivity index (χ4n) is 2.40. The molecule has 1 N–H and O–H groups in total. The van der Waals surface area contributed by atoms with Crippen molar-refractivity contribution in [3.63, 3.8) is 0 Å². The predicted octanol–water partition coefficient (Wildman–Crippen LogP) is 1.76. The molecule has 104 valence electrons. The van der Waals surface area contributed by atoms with Gasteiger partial charge in [-0.15, -0.1) is 0 Å². The van der Waals surface area contributed by atoms with Crippen molar-refractivity contribution in [2.45, 2.75) is 6.54 Å². The lowest BCUT2D eigenvalue weighted by molar-refractivity contribution is 0.168. The quantitative estimate of drug-likeness (QED) is 0.896.